The SMILES string of the molecule is CCCCCC(=O)Oc1cnc(-c2ccc(CCC3CCC(CCCCC)CC3)cc2)nc1. The molecular formula is C29H42N2O2. The van der Waals surface area contributed by atoms with Crippen molar-refractivity contribution in [1.82, 2.24) is 9.97 Å². The number of hydrogen-bond donors (Lipinski definition) is 0. The Kier molecular flexibility index (Phi) is 10.9. The number of hydrogen-bond acceptors (Lipinski definition) is 4. The molecule has 0 aliphatic heterocycles. The van der Waals surface area contributed by atoms with E-state index in [1.807, 2.05) is 0 Å². The van der Waals surface area contributed by atoms with Crippen LogP contribution < -0.4 is 4.74 Å². The summed E-state index contributed by atoms with van der Waals surface area (Å²) in [5.74, 6) is 2.75. The molecule has 0 spiro atoms. The largest absolute Gasteiger partial charge is 0.423 e. The summed E-state index contributed by atoms with van der Waals surface area (Å²) in [6.07, 6.45) is 20.4. The van der Waals surface area contributed by atoms with Gasteiger partial charge in [-0.2, -0.15) is 0 Å². The fraction of sp³-hybridized carbons (Fsp3) is 0.621. The summed E-state index contributed by atoms with van der Waals surface area (Å²) in [6, 6.07) is 8.62. The Balaban J connectivity index is 1.40. The highest BCUT2D eigenvalue weighted by molar-refractivity contribution is 5.72. The van der Waals surface area contributed by atoms with Crippen LogP contribution in [0.3, 0.4) is 0 Å². The lowest BCUT2D eigenvalue weighted by Gasteiger charge is -2.28. The van der Waals surface area contributed by atoms with Crippen LogP contribution in [0.2, 0.25) is 0 Å². The van der Waals surface area contributed by atoms with Gasteiger partial charge in [-0.3, -0.25) is 4.79 Å². The van der Waals surface area contributed by atoms with Crippen molar-refractivity contribution in [2.24, 2.45) is 11.8 Å². The van der Waals surface area contributed by atoms with E-state index in [0.29, 0.717) is 18.0 Å². The summed E-state index contributed by atoms with van der Waals surface area (Å²) in [5, 5.41) is 0. The first-order chi connectivity index (χ1) is 16.2. The molecule has 2 aromatic rings. The van der Waals surface area contributed by atoms with E-state index in [0.717, 1.165) is 43.1 Å². The molecule has 4 heteroatoms. The van der Waals surface area contributed by atoms with Crippen molar-refractivity contribution in [1.29, 1.82) is 0 Å². The maximum atomic E-state index is 11.8. The normalized spacial score (nSPS) is 18.2. The second-order valence-electron chi connectivity index (χ2n) is 9.79. The van der Waals surface area contributed by atoms with Crippen molar-refractivity contribution in [3.63, 3.8) is 0 Å². The average Bonchev–Trinajstić information content (AvgIpc) is 2.85. The van der Waals surface area contributed by atoms with Crippen molar-refractivity contribution in [2.45, 2.75) is 104 Å². The van der Waals surface area contributed by atoms with Gasteiger partial charge in [0.15, 0.2) is 11.6 Å². The van der Waals surface area contributed by atoms with Gasteiger partial charge >= 0.3 is 5.97 Å². The summed E-state index contributed by atoms with van der Waals surface area (Å²) in [5.41, 5.74) is 2.38. The highest BCUT2D eigenvalue weighted by Gasteiger charge is 2.20. The third kappa shape index (κ3) is 8.91. The lowest BCUT2D eigenvalue weighted by atomic mass is 9.78. The third-order valence-electron chi connectivity index (χ3n) is 7.08. The molecule has 0 radical (unpaired) electrons. The number of benzene rings is 1. The predicted octanol–water partition coefficient (Wildman–Crippen LogP) is 7.95. The Labute approximate surface area is 200 Å². The number of aryl methyl sites for hydroxylation is 1. The Morgan fingerprint density at radius 2 is 1.45 bits per heavy atom. The number of unbranched alkanes of at least 4 members (excludes halogenated alkanes) is 4. The van der Waals surface area contributed by atoms with Gasteiger partial charge in [-0.05, 0) is 36.7 Å². The van der Waals surface area contributed by atoms with E-state index < -0.39 is 0 Å². The van der Waals surface area contributed by atoms with Crippen LogP contribution in [0.25, 0.3) is 11.4 Å². The van der Waals surface area contributed by atoms with Crippen LogP contribution in [0.15, 0.2) is 36.7 Å². The molecule has 33 heavy (non-hydrogen) atoms. The predicted molar refractivity (Wildman–Crippen MR) is 135 cm³/mol. The molecule has 0 amide bonds. The Morgan fingerprint density at radius 3 is 2.09 bits per heavy atom. The van der Waals surface area contributed by atoms with Crippen LogP contribution in [-0.2, 0) is 11.2 Å². The lowest BCUT2D eigenvalue weighted by molar-refractivity contribution is -0.134. The number of rotatable bonds is 13. The second kappa shape index (κ2) is 14.1. The molecule has 1 aliphatic carbocycles. The minimum atomic E-state index is -0.214. The maximum absolute atomic E-state index is 11.8. The van der Waals surface area contributed by atoms with Crippen LogP contribution in [0.4, 0.5) is 0 Å². The minimum Gasteiger partial charge on any atom is -0.423 e. The van der Waals surface area contributed by atoms with E-state index in [4.69, 9.17) is 4.74 Å². The Bertz CT molecular complexity index is 809. The van der Waals surface area contributed by atoms with Crippen molar-refractivity contribution in [3.05, 3.63) is 42.2 Å². The number of nitrogens with zero attached hydrogens (tertiary/aromatic N) is 2. The van der Waals surface area contributed by atoms with Gasteiger partial charge in [0.25, 0.3) is 0 Å². The number of esters is 1. The standard InChI is InChI=1S/C29H42N2O2/c1-3-5-7-9-23-11-13-24(14-12-23)15-16-25-17-19-26(20-18-25)29-30-21-27(22-31-29)33-28(32)10-8-6-4-2/h17-24H,3-16H2,1-2H3. The highest BCUT2D eigenvalue weighted by Crippen LogP contribution is 2.34. The Hall–Kier alpha value is -2.23. The van der Waals surface area contributed by atoms with Crippen LogP contribution in [0.5, 0.6) is 5.75 Å². The van der Waals surface area contributed by atoms with Gasteiger partial charge in [0.2, 0.25) is 0 Å². The summed E-state index contributed by atoms with van der Waals surface area (Å²) in [4.78, 5) is 20.6. The monoisotopic (exact) mass is 450 g/mol. The summed E-state index contributed by atoms with van der Waals surface area (Å²) >= 11 is 0. The highest BCUT2D eigenvalue weighted by atomic mass is 16.5. The van der Waals surface area contributed by atoms with Gasteiger partial charge in [-0.1, -0.05) is 102 Å². The fourth-order valence-corrected chi connectivity index (χ4v) is 4.90. The van der Waals surface area contributed by atoms with Gasteiger partial charge in [0, 0.05) is 12.0 Å². The minimum absolute atomic E-state index is 0.214. The molecule has 0 bridgehead atoms. The molecule has 180 valence electrons. The van der Waals surface area contributed by atoms with E-state index in [1.54, 1.807) is 12.4 Å². The second-order valence-corrected chi connectivity index (χ2v) is 9.79. The zero-order valence-electron chi connectivity index (χ0n) is 20.7. The molecule has 0 N–H and O–H groups in total. The van der Waals surface area contributed by atoms with Gasteiger partial charge in [-0.25, -0.2) is 9.97 Å². The zero-order chi connectivity index (χ0) is 23.3. The van der Waals surface area contributed by atoms with E-state index in [1.165, 1.54) is 63.4 Å². The van der Waals surface area contributed by atoms with E-state index in [-0.39, 0.29) is 5.97 Å². The molecule has 1 aromatic carbocycles. The summed E-state index contributed by atoms with van der Waals surface area (Å²) in [7, 11) is 0. The van der Waals surface area contributed by atoms with Gasteiger partial charge in [-0.15, -0.1) is 0 Å². The van der Waals surface area contributed by atoms with Crippen molar-refractivity contribution in [2.75, 3.05) is 0 Å². The van der Waals surface area contributed by atoms with Crippen LogP contribution in [-0.4, -0.2) is 15.9 Å². The van der Waals surface area contributed by atoms with Crippen molar-refractivity contribution < 1.29 is 9.53 Å². The average molecular weight is 451 g/mol. The van der Waals surface area contributed by atoms with Gasteiger partial charge < -0.3 is 4.74 Å². The molecule has 4 nitrogen and oxygen atoms in total. The third-order valence-corrected chi connectivity index (χ3v) is 7.08. The molecule has 1 saturated carbocycles. The fourth-order valence-electron chi connectivity index (χ4n) is 4.90. The van der Waals surface area contributed by atoms with E-state index >= 15 is 0 Å². The Morgan fingerprint density at radius 1 is 0.848 bits per heavy atom. The number of carbonyl (C=O) groups is 1. The van der Waals surface area contributed by atoms with E-state index in [2.05, 4.69) is 48.1 Å². The molecule has 1 fully saturated rings. The number of ether oxygens (including phenoxy) is 1. The first-order valence-corrected chi connectivity index (χ1v) is 13.3. The molecule has 3 rings (SSSR count). The van der Waals surface area contributed by atoms with Gasteiger partial charge in [0.1, 0.15) is 0 Å². The number of aromatic nitrogens is 2. The zero-order valence-corrected chi connectivity index (χ0v) is 20.7. The molecular weight excluding hydrogens is 408 g/mol. The smallest absolute Gasteiger partial charge is 0.311 e. The topological polar surface area (TPSA) is 52.1 Å². The molecule has 1 heterocycles. The molecule has 1 aliphatic rings. The molecule has 0 saturated heterocycles. The van der Waals surface area contributed by atoms with Crippen molar-refractivity contribution in [3.8, 4) is 17.1 Å². The van der Waals surface area contributed by atoms with Crippen molar-refractivity contribution >= 4 is 5.97 Å². The molecule has 0 atom stereocenters. The molecule has 0 unspecified atom stereocenters. The first-order valence-electron chi connectivity index (χ1n) is 13.3. The quantitative estimate of drug-likeness (QED) is 0.229. The van der Waals surface area contributed by atoms with Crippen LogP contribution in [0, 0.1) is 11.8 Å². The van der Waals surface area contributed by atoms with E-state index in [9.17, 15) is 4.79 Å². The first kappa shape index (κ1) is 25.4. The summed E-state index contributed by atoms with van der Waals surface area (Å²) in [6.45, 7) is 4.41. The van der Waals surface area contributed by atoms with Crippen LogP contribution >= 0.6 is 0 Å². The van der Waals surface area contributed by atoms with Crippen LogP contribution in [0.1, 0.15) is 103 Å². The lowest BCUT2D eigenvalue weighted by Crippen LogP contribution is -2.15. The maximum Gasteiger partial charge on any atom is 0.311 e. The summed E-state index contributed by atoms with van der Waals surface area (Å²) < 4.78 is 5.33. The van der Waals surface area contributed by atoms with Gasteiger partial charge in [0.05, 0.1) is 12.4 Å². The molecule has 1 aromatic heterocycles. The number of carbonyl (C=O) groups excluding carboxylic acids is 1.